The van der Waals surface area contributed by atoms with Gasteiger partial charge in [-0.15, -0.1) is 0 Å². The van der Waals surface area contributed by atoms with Crippen LogP contribution in [0.3, 0.4) is 0 Å². The molecule has 0 saturated heterocycles. The summed E-state index contributed by atoms with van der Waals surface area (Å²) in [4.78, 5) is 4.17. The molecule has 0 aromatic heterocycles. The van der Waals surface area contributed by atoms with E-state index in [9.17, 15) is 0 Å². The third-order valence-corrected chi connectivity index (χ3v) is 5.24. The Morgan fingerprint density at radius 1 is 0.467 bits per heavy atom. The predicted molar refractivity (Wildman–Crippen MR) is 129 cm³/mol. The van der Waals surface area contributed by atoms with Crippen LogP contribution < -0.4 is 9.80 Å². The smallest absolute Gasteiger partial charge is 0.0361 e. The number of benzene rings is 3. The number of anilines is 2. The van der Waals surface area contributed by atoms with Crippen LogP contribution in [0.4, 0.5) is 11.4 Å². The molecule has 0 aliphatic heterocycles. The molecule has 0 saturated carbocycles. The maximum atomic E-state index is 3.32. The first-order valence-corrected chi connectivity index (χ1v) is 10.0. The molecule has 150 valence electrons. The van der Waals surface area contributed by atoms with Gasteiger partial charge in [0, 0.05) is 61.8 Å². The lowest BCUT2D eigenvalue weighted by molar-refractivity contribution is 1.13. The molecular formula is C28H28N2. The van der Waals surface area contributed by atoms with Crippen molar-refractivity contribution in [3.63, 3.8) is 0 Å². The van der Waals surface area contributed by atoms with Crippen molar-refractivity contribution in [2.75, 3.05) is 38.0 Å². The minimum Gasteiger partial charge on any atom is -0.378 e. The molecule has 0 fully saturated rings. The van der Waals surface area contributed by atoms with E-state index in [4.69, 9.17) is 0 Å². The Kier molecular flexibility index (Phi) is 6.51. The second-order valence-electron chi connectivity index (χ2n) is 7.79. The standard InChI is InChI=1S/C28H28N2/c1-21-22(2)26(14-8-24-11-19-28(20-12-24)30(5)6)16-15-25(21)13-7-23-9-17-27(18-10-23)29(3)4/h9-12,15-20H,1-6H3. The van der Waals surface area contributed by atoms with Crippen LogP contribution in [0.2, 0.25) is 0 Å². The van der Waals surface area contributed by atoms with Gasteiger partial charge in [0.25, 0.3) is 0 Å². The molecule has 3 aromatic rings. The van der Waals surface area contributed by atoms with Gasteiger partial charge in [-0.2, -0.15) is 0 Å². The molecular weight excluding hydrogens is 364 g/mol. The van der Waals surface area contributed by atoms with Crippen molar-refractivity contribution in [1.82, 2.24) is 0 Å². The van der Waals surface area contributed by atoms with Crippen LogP contribution in [-0.4, -0.2) is 28.2 Å². The fourth-order valence-electron chi connectivity index (χ4n) is 3.06. The van der Waals surface area contributed by atoms with Crippen LogP contribution in [0.5, 0.6) is 0 Å². The maximum Gasteiger partial charge on any atom is 0.0361 e. The van der Waals surface area contributed by atoms with E-state index in [1.165, 1.54) is 22.5 Å². The van der Waals surface area contributed by atoms with Crippen LogP contribution in [0.1, 0.15) is 33.4 Å². The average Bonchev–Trinajstić information content (AvgIpc) is 2.74. The van der Waals surface area contributed by atoms with Crippen molar-refractivity contribution in [2.24, 2.45) is 0 Å². The molecule has 0 unspecified atom stereocenters. The van der Waals surface area contributed by atoms with E-state index in [2.05, 4.69) is 108 Å². The maximum absolute atomic E-state index is 3.32. The van der Waals surface area contributed by atoms with E-state index in [-0.39, 0.29) is 0 Å². The molecule has 0 bridgehead atoms. The van der Waals surface area contributed by atoms with Gasteiger partial charge in [-0.3, -0.25) is 0 Å². The lowest BCUT2D eigenvalue weighted by Gasteiger charge is -2.11. The van der Waals surface area contributed by atoms with E-state index in [1.807, 2.05) is 28.2 Å². The van der Waals surface area contributed by atoms with Gasteiger partial charge in [0.15, 0.2) is 0 Å². The molecule has 30 heavy (non-hydrogen) atoms. The van der Waals surface area contributed by atoms with Gasteiger partial charge >= 0.3 is 0 Å². The third-order valence-electron chi connectivity index (χ3n) is 5.24. The predicted octanol–water partition coefficient (Wildman–Crippen LogP) is 5.24. The first-order valence-electron chi connectivity index (χ1n) is 10.0. The van der Waals surface area contributed by atoms with E-state index in [0.29, 0.717) is 0 Å². The Morgan fingerprint density at radius 2 is 0.800 bits per heavy atom. The van der Waals surface area contributed by atoms with Crippen molar-refractivity contribution in [3.05, 3.63) is 94.0 Å². The quantitative estimate of drug-likeness (QED) is 0.551. The topological polar surface area (TPSA) is 6.48 Å². The molecule has 0 radical (unpaired) electrons. The fraction of sp³-hybridized carbons (Fsp3) is 0.214. The lowest BCUT2D eigenvalue weighted by Crippen LogP contribution is -2.07. The summed E-state index contributed by atoms with van der Waals surface area (Å²) < 4.78 is 0. The van der Waals surface area contributed by atoms with Crippen LogP contribution in [0, 0.1) is 37.5 Å². The third kappa shape index (κ3) is 5.05. The normalized spacial score (nSPS) is 9.80. The molecule has 0 atom stereocenters. The number of rotatable bonds is 2. The Hall–Kier alpha value is -3.62. The molecule has 0 aliphatic rings. The van der Waals surface area contributed by atoms with Crippen molar-refractivity contribution < 1.29 is 0 Å². The molecule has 3 aromatic carbocycles. The Labute approximate surface area is 181 Å². The van der Waals surface area contributed by atoms with Crippen molar-refractivity contribution in [2.45, 2.75) is 13.8 Å². The summed E-state index contributed by atoms with van der Waals surface area (Å²) in [6.07, 6.45) is 0. The second-order valence-corrected chi connectivity index (χ2v) is 7.79. The van der Waals surface area contributed by atoms with E-state index in [1.54, 1.807) is 0 Å². The van der Waals surface area contributed by atoms with E-state index in [0.717, 1.165) is 22.3 Å². The highest BCUT2D eigenvalue weighted by atomic mass is 15.1. The highest BCUT2D eigenvalue weighted by Gasteiger charge is 2.03. The van der Waals surface area contributed by atoms with E-state index >= 15 is 0 Å². The first-order chi connectivity index (χ1) is 14.3. The zero-order valence-corrected chi connectivity index (χ0v) is 18.7. The summed E-state index contributed by atoms with van der Waals surface area (Å²) in [5.74, 6) is 13.2. The molecule has 2 heteroatoms. The van der Waals surface area contributed by atoms with Crippen molar-refractivity contribution >= 4 is 11.4 Å². The fourth-order valence-corrected chi connectivity index (χ4v) is 3.06. The molecule has 0 spiro atoms. The second kappa shape index (κ2) is 9.25. The average molecular weight is 393 g/mol. The minimum absolute atomic E-state index is 1.02. The molecule has 0 heterocycles. The van der Waals surface area contributed by atoms with Gasteiger partial charge in [-0.25, -0.2) is 0 Å². The zero-order valence-electron chi connectivity index (χ0n) is 18.7. The Morgan fingerprint density at radius 3 is 1.10 bits per heavy atom. The Balaban J connectivity index is 1.81. The van der Waals surface area contributed by atoms with Crippen LogP contribution in [-0.2, 0) is 0 Å². The van der Waals surface area contributed by atoms with Gasteiger partial charge in [0.1, 0.15) is 0 Å². The summed E-state index contributed by atoms with van der Waals surface area (Å²) >= 11 is 0. The molecule has 0 amide bonds. The minimum atomic E-state index is 1.02. The molecule has 0 aliphatic carbocycles. The number of hydrogen-bond acceptors (Lipinski definition) is 2. The highest BCUT2D eigenvalue weighted by Crippen LogP contribution is 2.18. The van der Waals surface area contributed by atoms with Crippen LogP contribution >= 0.6 is 0 Å². The van der Waals surface area contributed by atoms with Gasteiger partial charge in [0.05, 0.1) is 0 Å². The monoisotopic (exact) mass is 392 g/mol. The van der Waals surface area contributed by atoms with E-state index < -0.39 is 0 Å². The van der Waals surface area contributed by atoms with Gasteiger partial charge in [-0.1, -0.05) is 23.7 Å². The lowest BCUT2D eigenvalue weighted by atomic mass is 9.98. The summed E-state index contributed by atoms with van der Waals surface area (Å²) in [6, 6.07) is 20.7. The van der Waals surface area contributed by atoms with Gasteiger partial charge in [-0.05, 0) is 85.6 Å². The summed E-state index contributed by atoms with van der Waals surface area (Å²) in [7, 11) is 8.15. The molecule has 3 rings (SSSR count). The van der Waals surface area contributed by atoms with Crippen LogP contribution in [0.15, 0.2) is 60.7 Å². The molecule has 2 nitrogen and oxygen atoms in total. The SMILES string of the molecule is Cc1c(C#Cc2ccc(N(C)C)cc2)ccc(C#Cc2ccc(N(C)C)cc2)c1C. The number of nitrogens with zero attached hydrogens (tertiary/aromatic N) is 2. The molecule has 0 N–H and O–H groups in total. The summed E-state index contributed by atoms with van der Waals surface area (Å²) in [6.45, 7) is 4.23. The zero-order chi connectivity index (χ0) is 21.7. The van der Waals surface area contributed by atoms with Gasteiger partial charge < -0.3 is 9.80 Å². The van der Waals surface area contributed by atoms with Crippen molar-refractivity contribution in [3.8, 4) is 23.7 Å². The number of hydrogen-bond donors (Lipinski definition) is 0. The van der Waals surface area contributed by atoms with Gasteiger partial charge in [0.2, 0.25) is 0 Å². The largest absolute Gasteiger partial charge is 0.378 e. The first kappa shape index (κ1) is 21.1. The van der Waals surface area contributed by atoms with Crippen molar-refractivity contribution in [1.29, 1.82) is 0 Å². The summed E-state index contributed by atoms with van der Waals surface area (Å²) in [5, 5.41) is 0. The highest BCUT2D eigenvalue weighted by molar-refractivity contribution is 5.57. The Bertz CT molecular complexity index is 1050. The van der Waals surface area contributed by atoms with Crippen LogP contribution in [0.25, 0.3) is 0 Å². The summed E-state index contributed by atoms with van der Waals surface area (Å²) in [5.41, 5.74) is 8.84.